The third-order valence-corrected chi connectivity index (χ3v) is 3.37. The molecule has 7 nitrogen and oxygen atoms in total. The van der Waals surface area contributed by atoms with E-state index in [1.54, 1.807) is 13.0 Å². The molecule has 0 unspecified atom stereocenters. The highest BCUT2D eigenvalue weighted by atomic mass is 16.6. The van der Waals surface area contributed by atoms with Crippen LogP contribution in [0.5, 0.6) is 0 Å². The molecule has 0 aliphatic carbocycles. The summed E-state index contributed by atoms with van der Waals surface area (Å²) in [6, 6.07) is 4.40. The number of nitrogens with zero attached hydrogens (tertiary/aromatic N) is 1. The van der Waals surface area contributed by atoms with E-state index in [0.29, 0.717) is 41.3 Å². The summed E-state index contributed by atoms with van der Waals surface area (Å²) in [7, 11) is 0. The number of nitro groups is 1. The Kier molecular flexibility index (Phi) is 3.17. The third-order valence-electron chi connectivity index (χ3n) is 3.37. The van der Waals surface area contributed by atoms with E-state index in [1.165, 1.54) is 12.1 Å². The Hall–Kier alpha value is -2.70. The number of fused-ring (bicyclic) bond motifs is 2. The van der Waals surface area contributed by atoms with Gasteiger partial charge in [-0.05, 0) is 12.7 Å². The minimum Gasteiger partial charge on any atom is -0.612 e. The van der Waals surface area contributed by atoms with Gasteiger partial charge in [0.2, 0.25) is 0 Å². The van der Waals surface area contributed by atoms with Crippen molar-refractivity contribution in [2.45, 2.75) is 13.3 Å². The van der Waals surface area contributed by atoms with E-state index >= 15 is 0 Å². The highest BCUT2D eigenvalue weighted by Gasteiger charge is 2.30. The molecule has 7 heteroatoms. The van der Waals surface area contributed by atoms with Crippen LogP contribution in [0.3, 0.4) is 0 Å². The van der Waals surface area contributed by atoms with Gasteiger partial charge in [0.25, 0.3) is 5.69 Å². The van der Waals surface area contributed by atoms with Crippen LogP contribution in [-0.4, -0.2) is 18.1 Å². The predicted octanol–water partition coefficient (Wildman–Crippen LogP) is 1.72. The minimum absolute atomic E-state index is 0.0162. The fourth-order valence-corrected chi connectivity index (χ4v) is 2.46. The Morgan fingerprint density at radius 1 is 1.52 bits per heavy atom. The van der Waals surface area contributed by atoms with Crippen molar-refractivity contribution in [3.63, 3.8) is 0 Å². The third kappa shape index (κ3) is 2.16. The number of hydrogen-bond donors (Lipinski definition) is 1. The lowest BCUT2D eigenvalue weighted by atomic mass is 9.98. The number of rotatable bonds is 3. The number of nitro benzene ring substituents is 1. The average Bonchev–Trinajstić information content (AvgIpc) is 2.95. The van der Waals surface area contributed by atoms with Crippen molar-refractivity contribution in [3.05, 3.63) is 51.1 Å². The highest BCUT2D eigenvalue weighted by Crippen LogP contribution is 2.42. The van der Waals surface area contributed by atoms with E-state index in [-0.39, 0.29) is 12.3 Å². The monoisotopic (exact) mass is 289 g/mol. The van der Waals surface area contributed by atoms with Gasteiger partial charge in [0.1, 0.15) is 5.76 Å². The Balaban J connectivity index is 2.13. The standard InChI is InChI=1S/C14H14N2O5/c1-2-20-14(17)12-9-5-6-21-13(9)10-7-8(16(18)19)3-4-11(10)15-12/h3-4,7,15,17H,2,5-6H2,1H3/p-1. The summed E-state index contributed by atoms with van der Waals surface area (Å²) >= 11 is 0. The number of nitrogens with one attached hydrogen (secondary N) is 1. The first-order valence-electron chi connectivity index (χ1n) is 6.58. The number of hydrogen-bond acceptors (Lipinski definition) is 6. The van der Waals surface area contributed by atoms with Crippen molar-refractivity contribution in [1.82, 2.24) is 0 Å². The van der Waals surface area contributed by atoms with Gasteiger partial charge in [-0.15, -0.1) is 0 Å². The maximum Gasteiger partial charge on any atom is 0.270 e. The average molecular weight is 289 g/mol. The first kappa shape index (κ1) is 13.3. The van der Waals surface area contributed by atoms with Crippen LogP contribution < -0.4 is 10.4 Å². The summed E-state index contributed by atoms with van der Waals surface area (Å²) in [4.78, 5) is 10.4. The number of allylic oxidation sites excluding steroid dienone is 1. The fourth-order valence-electron chi connectivity index (χ4n) is 2.46. The zero-order valence-corrected chi connectivity index (χ0v) is 11.3. The predicted molar refractivity (Wildman–Crippen MR) is 72.9 cm³/mol. The number of anilines is 1. The lowest BCUT2D eigenvalue weighted by Crippen LogP contribution is -2.20. The molecular formula is C14H13N2O5-. The van der Waals surface area contributed by atoms with Crippen molar-refractivity contribution >= 4 is 17.1 Å². The molecule has 0 amide bonds. The maximum atomic E-state index is 12.0. The molecule has 1 aromatic rings. The first-order valence-corrected chi connectivity index (χ1v) is 6.58. The molecular weight excluding hydrogens is 276 g/mol. The molecule has 2 heterocycles. The van der Waals surface area contributed by atoms with E-state index < -0.39 is 10.9 Å². The number of benzene rings is 1. The molecule has 1 N–H and O–H groups in total. The van der Waals surface area contributed by atoms with E-state index in [9.17, 15) is 15.2 Å². The molecule has 0 fully saturated rings. The van der Waals surface area contributed by atoms with E-state index in [1.807, 2.05) is 0 Å². The maximum absolute atomic E-state index is 12.0. The second-order valence-electron chi connectivity index (χ2n) is 4.61. The molecule has 0 spiro atoms. The topological polar surface area (TPSA) is 96.7 Å². The molecule has 0 radical (unpaired) electrons. The first-order chi connectivity index (χ1) is 10.1. The molecule has 0 atom stereocenters. The van der Waals surface area contributed by atoms with Gasteiger partial charge >= 0.3 is 0 Å². The minimum atomic E-state index is -0.458. The fraction of sp³-hybridized carbons (Fsp3) is 0.286. The Bertz CT molecular complexity index is 678. The largest absolute Gasteiger partial charge is 0.612 e. The van der Waals surface area contributed by atoms with Gasteiger partial charge in [0.05, 0.1) is 28.9 Å². The molecule has 3 rings (SSSR count). The Morgan fingerprint density at radius 2 is 2.33 bits per heavy atom. The molecule has 0 saturated carbocycles. The van der Waals surface area contributed by atoms with Crippen molar-refractivity contribution in [3.8, 4) is 0 Å². The molecule has 21 heavy (non-hydrogen) atoms. The normalized spacial score (nSPS) is 18.3. The highest BCUT2D eigenvalue weighted by molar-refractivity contribution is 5.85. The van der Waals surface area contributed by atoms with Crippen LogP contribution in [0.1, 0.15) is 18.9 Å². The van der Waals surface area contributed by atoms with Gasteiger partial charge in [-0.3, -0.25) is 10.1 Å². The molecule has 1 aromatic carbocycles. The summed E-state index contributed by atoms with van der Waals surface area (Å²) < 4.78 is 10.6. The van der Waals surface area contributed by atoms with Gasteiger partial charge in [-0.25, -0.2) is 0 Å². The molecule has 0 aromatic heterocycles. The van der Waals surface area contributed by atoms with Gasteiger partial charge in [-0.1, -0.05) is 6.92 Å². The van der Waals surface area contributed by atoms with Crippen LogP contribution in [0.2, 0.25) is 0 Å². The summed E-state index contributed by atoms with van der Waals surface area (Å²) in [6.45, 7) is 2.46. The van der Waals surface area contributed by atoms with Crippen LogP contribution >= 0.6 is 0 Å². The summed E-state index contributed by atoms with van der Waals surface area (Å²) in [6.07, 6.45) is 0.568. The number of ether oxygens (including phenoxy) is 2. The van der Waals surface area contributed by atoms with Crippen LogP contribution in [0, 0.1) is 10.1 Å². The summed E-state index contributed by atoms with van der Waals surface area (Å²) in [5.41, 5.74) is 2.25. The Morgan fingerprint density at radius 3 is 3.05 bits per heavy atom. The van der Waals surface area contributed by atoms with Crippen molar-refractivity contribution in [1.29, 1.82) is 0 Å². The van der Waals surface area contributed by atoms with Gasteiger partial charge in [-0.2, -0.15) is 0 Å². The van der Waals surface area contributed by atoms with E-state index in [2.05, 4.69) is 5.32 Å². The zero-order valence-electron chi connectivity index (χ0n) is 11.3. The van der Waals surface area contributed by atoms with Crippen LogP contribution in [0.15, 0.2) is 35.4 Å². The lowest BCUT2D eigenvalue weighted by molar-refractivity contribution is -0.384. The Labute approximate surface area is 120 Å². The van der Waals surface area contributed by atoms with Crippen molar-refractivity contribution < 1.29 is 19.5 Å². The van der Waals surface area contributed by atoms with Gasteiger partial charge < -0.3 is 19.9 Å². The molecule has 2 aliphatic rings. The molecule has 0 bridgehead atoms. The van der Waals surface area contributed by atoms with Crippen LogP contribution in [0.25, 0.3) is 5.76 Å². The summed E-state index contributed by atoms with van der Waals surface area (Å²) in [5.74, 6) is 0.0787. The van der Waals surface area contributed by atoms with Crippen LogP contribution in [-0.2, 0) is 9.47 Å². The molecule has 0 saturated heterocycles. The molecule has 2 aliphatic heterocycles. The number of non-ortho nitro benzene ring substituents is 1. The quantitative estimate of drug-likeness (QED) is 0.517. The van der Waals surface area contributed by atoms with Crippen LogP contribution in [0.4, 0.5) is 11.4 Å². The van der Waals surface area contributed by atoms with Crippen molar-refractivity contribution in [2.24, 2.45) is 0 Å². The summed E-state index contributed by atoms with van der Waals surface area (Å²) in [5, 5.41) is 25.9. The van der Waals surface area contributed by atoms with Crippen molar-refractivity contribution in [2.75, 3.05) is 18.5 Å². The lowest BCUT2D eigenvalue weighted by Gasteiger charge is -2.26. The smallest absolute Gasteiger partial charge is 0.270 e. The van der Waals surface area contributed by atoms with Gasteiger partial charge in [0, 0.05) is 29.7 Å². The SMILES string of the molecule is CCOC([O-])=C1Nc2ccc([N+](=O)[O-])cc2C2=C1CCO2. The van der Waals surface area contributed by atoms with E-state index in [0.717, 1.165) is 0 Å². The second kappa shape index (κ2) is 5.01. The molecule has 110 valence electrons. The van der Waals surface area contributed by atoms with Gasteiger partial charge in [0.15, 0.2) is 0 Å². The second-order valence-corrected chi connectivity index (χ2v) is 4.61. The van der Waals surface area contributed by atoms with E-state index in [4.69, 9.17) is 9.47 Å². The zero-order chi connectivity index (χ0) is 15.0.